The molecule has 1 aliphatic heterocycles. The Kier molecular flexibility index (Phi) is 4.19. The summed E-state index contributed by atoms with van der Waals surface area (Å²) in [4.78, 5) is 19.2. The number of aryl methyl sites for hydroxylation is 1. The van der Waals surface area contributed by atoms with Gasteiger partial charge in [0.15, 0.2) is 5.82 Å². The van der Waals surface area contributed by atoms with Gasteiger partial charge in [0.2, 0.25) is 0 Å². The molecule has 6 nitrogen and oxygen atoms in total. The first-order chi connectivity index (χ1) is 12.2. The van der Waals surface area contributed by atoms with E-state index in [1.807, 2.05) is 47.1 Å². The molecule has 2 aromatic heterocycles. The van der Waals surface area contributed by atoms with Crippen LogP contribution in [0.25, 0.3) is 11.4 Å². The number of benzene rings is 1. The van der Waals surface area contributed by atoms with Crippen LogP contribution in [0.15, 0.2) is 53.5 Å². The summed E-state index contributed by atoms with van der Waals surface area (Å²) in [5.41, 5.74) is 1.96. The molecular weight excluding hydrogens is 314 g/mol. The highest BCUT2D eigenvalue weighted by atomic mass is 16.1. The molecule has 0 N–H and O–H groups in total. The Morgan fingerprint density at radius 2 is 1.88 bits per heavy atom. The van der Waals surface area contributed by atoms with Gasteiger partial charge in [-0.1, -0.05) is 36.4 Å². The molecule has 3 aromatic rings. The van der Waals surface area contributed by atoms with Crippen LogP contribution in [-0.2, 0) is 26.6 Å². The monoisotopic (exact) mass is 335 g/mol. The first-order valence-corrected chi connectivity index (χ1v) is 8.57. The second-order valence-corrected chi connectivity index (χ2v) is 6.42. The third-order valence-corrected chi connectivity index (χ3v) is 4.66. The van der Waals surface area contributed by atoms with Crippen molar-refractivity contribution in [3.8, 4) is 11.4 Å². The van der Waals surface area contributed by atoms with Gasteiger partial charge < -0.3 is 4.57 Å². The fourth-order valence-corrected chi connectivity index (χ4v) is 3.23. The lowest BCUT2D eigenvalue weighted by Gasteiger charge is -2.19. The third kappa shape index (κ3) is 3.25. The van der Waals surface area contributed by atoms with Crippen LogP contribution in [0.4, 0.5) is 0 Å². The number of hydrogen-bond acceptors (Lipinski definition) is 4. The van der Waals surface area contributed by atoms with E-state index in [1.54, 1.807) is 17.8 Å². The number of fused-ring (bicyclic) bond motifs is 1. The van der Waals surface area contributed by atoms with Gasteiger partial charge >= 0.3 is 0 Å². The van der Waals surface area contributed by atoms with Gasteiger partial charge in [0.05, 0.1) is 6.54 Å². The van der Waals surface area contributed by atoms with E-state index in [-0.39, 0.29) is 5.56 Å². The van der Waals surface area contributed by atoms with Gasteiger partial charge in [0.25, 0.3) is 5.56 Å². The Labute approximate surface area is 146 Å². The molecule has 1 aromatic carbocycles. The summed E-state index contributed by atoms with van der Waals surface area (Å²) >= 11 is 0. The van der Waals surface area contributed by atoms with Crippen LogP contribution in [0, 0.1) is 0 Å². The predicted octanol–water partition coefficient (Wildman–Crippen LogP) is 1.70. The molecule has 0 saturated heterocycles. The van der Waals surface area contributed by atoms with E-state index in [0.717, 1.165) is 48.8 Å². The van der Waals surface area contributed by atoms with E-state index in [1.165, 1.54) is 0 Å². The summed E-state index contributed by atoms with van der Waals surface area (Å²) in [6, 6.07) is 13.9. The van der Waals surface area contributed by atoms with E-state index in [4.69, 9.17) is 4.98 Å². The Balaban J connectivity index is 1.49. The quantitative estimate of drug-likeness (QED) is 0.731. The second kappa shape index (κ2) is 6.64. The topological polar surface area (TPSA) is 56.0 Å². The molecule has 4 rings (SSSR count). The minimum absolute atomic E-state index is 0.0778. The van der Waals surface area contributed by atoms with Gasteiger partial charge in [0.1, 0.15) is 5.82 Å². The van der Waals surface area contributed by atoms with Crippen molar-refractivity contribution in [3.63, 3.8) is 0 Å². The summed E-state index contributed by atoms with van der Waals surface area (Å²) in [7, 11) is 1.79. The van der Waals surface area contributed by atoms with E-state index >= 15 is 0 Å². The lowest BCUT2D eigenvalue weighted by Crippen LogP contribution is -2.31. The molecule has 0 atom stereocenters. The zero-order valence-electron chi connectivity index (χ0n) is 14.3. The maximum absolute atomic E-state index is 12.2. The van der Waals surface area contributed by atoms with Gasteiger partial charge in [-0.05, 0) is 6.07 Å². The van der Waals surface area contributed by atoms with Crippen molar-refractivity contribution < 1.29 is 0 Å². The minimum atomic E-state index is 0.0778. The molecule has 128 valence electrons. The van der Waals surface area contributed by atoms with Crippen molar-refractivity contribution in [2.24, 2.45) is 7.05 Å². The summed E-state index contributed by atoms with van der Waals surface area (Å²) in [5.74, 6) is 1.81. The number of rotatable bonds is 3. The second-order valence-electron chi connectivity index (χ2n) is 6.42. The van der Waals surface area contributed by atoms with E-state index in [2.05, 4.69) is 10.00 Å². The van der Waals surface area contributed by atoms with Crippen molar-refractivity contribution in [3.05, 3.63) is 70.4 Å². The highest BCUT2D eigenvalue weighted by molar-refractivity contribution is 5.54. The number of nitrogens with zero attached hydrogens (tertiary/aromatic N) is 5. The van der Waals surface area contributed by atoms with Crippen LogP contribution < -0.4 is 5.56 Å². The van der Waals surface area contributed by atoms with Crippen LogP contribution in [-0.4, -0.2) is 37.3 Å². The maximum atomic E-state index is 12.2. The number of pyridine rings is 1. The molecule has 25 heavy (non-hydrogen) atoms. The fourth-order valence-electron chi connectivity index (χ4n) is 3.23. The number of hydrogen-bond donors (Lipinski definition) is 0. The zero-order chi connectivity index (χ0) is 17.2. The molecule has 0 saturated carbocycles. The summed E-state index contributed by atoms with van der Waals surface area (Å²) in [6.45, 7) is 3.21. The third-order valence-electron chi connectivity index (χ3n) is 4.66. The summed E-state index contributed by atoms with van der Waals surface area (Å²) < 4.78 is 3.64. The smallest absolute Gasteiger partial charge is 0.254 e. The van der Waals surface area contributed by atoms with Crippen molar-refractivity contribution in [2.45, 2.75) is 19.5 Å². The summed E-state index contributed by atoms with van der Waals surface area (Å²) in [5, 5.41) is 4.67. The Hall–Kier alpha value is -2.73. The Bertz CT molecular complexity index is 903. The molecule has 0 aliphatic carbocycles. The zero-order valence-corrected chi connectivity index (χ0v) is 14.3. The largest absolute Gasteiger partial charge is 0.318 e. The number of aromatic nitrogens is 4. The van der Waals surface area contributed by atoms with Crippen molar-refractivity contribution >= 4 is 0 Å². The predicted molar refractivity (Wildman–Crippen MR) is 96.1 cm³/mol. The fraction of sp³-hybridized carbons (Fsp3) is 0.316. The first-order valence-electron chi connectivity index (χ1n) is 8.57. The van der Waals surface area contributed by atoms with E-state index < -0.39 is 0 Å². The lowest BCUT2D eigenvalue weighted by molar-refractivity contribution is 0.267. The highest BCUT2D eigenvalue weighted by Crippen LogP contribution is 2.17. The SMILES string of the molecule is Cn1cccc(CN2CCc3nc(-c4ccccc4)nn3CC2)c1=O. The van der Waals surface area contributed by atoms with Crippen molar-refractivity contribution in [1.82, 2.24) is 24.2 Å². The average Bonchev–Trinajstić information content (AvgIpc) is 2.96. The minimum Gasteiger partial charge on any atom is -0.318 e. The van der Waals surface area contributed by atoms with Crippen LogP contribution in [0.5, 0.6) is 0 Å². The molecule has 0 bridgehead atoms. The van der Waals surface area contributed by atoms with E-state index in [9.17, 15) is 4.79 Å². The van der Waals surface area contributed by atoms with Gasteiger partial charge in [-0.15, -0.1) is 0 Å². The highest BCUT2D eigenvalue weighted by Gasteiger charge is 2.18. The van der Waals surface area contributed by atoms with Crippen LogP contribution in [0.3, 0.4) is 0 Å². The molecule has 1 aliphatic rings. The molecule has 0 amide bonds. The maximum Gasteiger partial charge on any atom is 0.254 e. The average molecular weight is 335 g/mol. The van der Waals surface area contributed by atoms with Crippen molar-refractivity contribution in [1.29, 1.82) is 0 Å². The first kappa shape index (κ1) is 15.8. The van der Waals surface area contributed by atoms with Crippen LogP contribution in [0.2, 0.25) is 0 Å². The van der Waals surface area contributed by atoms with E-state index in [0.29, 0.717) is 6.54 Å². The Morgan fingerprint density at radius 1 is 1.04 bits per heavy atom. The molecule has 0 radical (unpaired) electrons. The molecule has 0 unspecified atom stereocenters. The molecule has 0 spiro atoms. The standard InChI is InChI=1S/C19H21N5O/c1-22-10-5-8-16(19(22)25)14-23-11-9-17-20-18(21-24(17)13-12-23)15-6-3-2-4-7-15/h2-8,10H,9,11-14H2,1H3. The van der Waals surface area contributed by atoms with Crippen molar-refractivity contribution in [2.75, 3.05) is 13.1 Å². The van der Waals surface area contributed by atoms with Crippen LogP contribution in [0.1, 0.15) is 11.4 Å². The summed E-state index contributed by atoms with van der Waals surface area (Å²) in [6.07, 6.45) is 2.63. The normalized spacial score (nSPS) is 14.9. The Morgan fingerprint density at radius 3 is 2.72 bits per heavy atom. The molecule has 3 heterocycles. The van der Waals surface area contributed by atoms with Gasteiger partial charge in [-0.25, -0.2) is 9.67 Å². The molecular formula is C19H21N5O. The van der Waals surface area contributed by atoms with Gasteiger partial charge in [-0.3, -0.25) is 9.69 Å². The van der Waals surface area contributed by atoms with Crippen LogP contribution >= 0.6 is 0 Å². The molecule has 6 heteroatoms. The lowest BCUT2D eigenvalue weighted by atomic mass is 10.2. The van der Waals surface area contributed by atoms with Gasteiger partial charge in [-0.2, -0.15) is 5.10 Å². The van der Waals surface area contributed by atoms with Gasteiger partial charge in [0, 0.05) is 50.4 Å². The molecule has 0 fully saturated rings.